The van der Waals surface area contributed by atoms with Gasteiger partial charge in [-0.05, 0) is 17.7 Å². The van der Waals surface area contributed by atoms with E-state index in [1.807, 2.05) is 30.3 Å². The van der Waals surface area contributed by atoms with Crippen LogP contribution < -0.4 is 0 Å². The quantitative estimate of drug-likeness (QED) is 0.720. The number of rotatable bonds is 2. The number of aromatic nitrogens is 3. The maximum absolute atomic E-state index is 9.86. The summed E-state index contributed by atoms with van der Waals surface area (Å²) in [6.07, 6.45) is 0. The number of benzene rings is 1. The zero-order valence-electron chi connectivity index (χ0n) is 9.42. The molecular formula is C13H10ClN3O. The Labute approximate surface area is 108 Å². The van der Waals surface area contributed by atoms with Gasteiger partial charge in [0.05, 0.1) is 12.1 Å². The molecule has 1 N–H and O–H groups in total. The van der Waals surface area contributed by atoms with Crippen LogP contribution in [0.15, 0.2) is 42.5 Å². The molecule has 0 unspecified atom stereocenters. The van der Waals surface area contributed by atoms with Crippen molar-refractivity contribution < 1.29 is 5.11 Å². The number of nitrogens with zero attached hydrogens (tertiary/aromatic N) is 3. The van der Waals surface area contributed by atoms with Gasteiger partial charge in [0.15, 0.2) is 5.65 Å². The Morgan fingerprint density at radius 3 is 2.61 bits per heavy atom. The Hall–Kier alpha value is -2.07. The predicted molar refractivity (Wildman–Crippen MR) is 69.7 cm³/mol. The molecule has 0 atom stereocenters. The Kier molecular flexibility index (Phi) is 2.64. The van der Waals surface area contributed by atoms with Crippen LogP contribution in [-0.2, 0) is 6.54 Å². The van der Waals surface area contributed by atoms with Crippen LogP contribution in [0.4, 0.5) is 0 Å². The topological polar surface area (TPSA) is 50.9 Å². The van der Waals surface area contributed by atoms with E-state index in [1.54, 1.807) is 16.7 Å². The van der Waals surface area contributed by atoms with Gasteiger partial charge in [-0.15, -0.1) is 0 Å². The minimum atomic E-state index is -0.0522. The van der Waals surface area contributed by atoms with Gasteiger partial charge < -0.3 is 5.11 Å². The number of hydrogen-bond acceptors (Lipinski definition) is 3. The largest absolute Gasteiger partial charge is 0.480 e. The summed E-state index contributed by atoms with van der Waals surface area (Å²) in [6.45, 7) is 0.548. The van der Waals surface area contributed by atoms with Crippen molar-refractivity contribution in [1.82, 2.24) is 14.5 Å². The molecule has 0 fully saturated rings. The van der Waals surface area contributed by atoms with Crippen molar-refractivity contribution in [1.29, 1.82) is 0 Å². The molecule has 3 rings (SSSR count). The number of aromatic hydroxyl groups is 1. The molecule has 1 aromatic carbocycles. The number of pyridine rings is 1. The van der Waals surface area contributed by atoms with E-state index in [0.717, 1.165) is 11.1 Å². The number of hydrogen-bond donors (Lipinski definition) is 1. The Balaban J connectivity index is 2.09. The highest BCUT2D eigenvalue weighted by atomic mass is 35.5. The number of imidazole rings is 1. The second-order valence-electron chi connectivity index (χ2n) is 3.96. The molecule has 0 radical (unpaired) electrons. The molecule has 0 saturated heterocycles. The Morgan fingerprint density at radius 2 is 1.83 bits per heavy atom. The van der Waals surface area contributed by atoms with Crippen molar-refractivity contribution in [2.75, 3.05) is 0 Å². The lowest BCUT2D eigenvalue weighted by molar-refractivity contribution is 0.409. The second kappa shape index (κ2) is 4.31. The number of fused-ring (bicyclic) bond motifs is 1. The molecule has 0 amide bonds. The third-order valence-electron chi connectivity index (χ3n) is 2.74. The van der Waals surface area contributed by atoms with Crippen molar-refractivity contribution in [3.63, 3.8) is 0 Å². The summed E-state index contributed by atoms with van der Waals surface area (Å²) in [6, 6.07) is 13.3. The van der Waals surface area contributed by atoms with E-state index < -0.39 is 0 Å². The van der Waals surface area contributed by atoms with E-state index in [0.29, 0.717) is 17.3 Å². The third kappa shape index (κ3) is 1.91. The first-order chi connectivity index (χ1) is 8.74. The third-order valence-corrected chi connectivity index (χ3v) is 2.95. The maximum atomic E-state index is 9.86. The van der Waals surface area contributed by atoms with Crippen molar-refractivity contribution in [3.8, 4) is 6.01 Å². The summed E-state index contributed by atoms with van der Waals surface area (Å²) in [5, 5.41) is 10.2. The van der Waals surface area contributed by atoms with Gasteiger partial charge in [-0.3, -0.25) is 4.57 Å². The lowest BCUT2D eigenvalue weighted by Gasteiger charge is -2.05. The smallest absolute Gasteiger partial charge is 0.296 e. The molecule has 0 spiro atoms. The van der Waals surface area contributed by atoms with Crippen LogP contribution in [0.1, 0.15) is 5.56 Å². The molecule has 4 nitrogen and oxygen atoms in total. The van der Waals surface area contributed by atoms with Gasteiger partial charge in [-0.2, -0.15) is 4.98 Å². The Bertz CT molecular complexity index is 694. The van der Waals surface area contributed by atoms with Gasteiger partial charge in [0.25, 0.3) is 6.01 Å². The predicted octanol–water partition coefficient (Wildman–Crippen LogP) is 2.84. The van der Waals surface area contributed by atoms with Crippen molar-refractivity contribution in [3.05, 3.63) is 53.2 Å². The van der Waals surface area contributed by atoms with Gasteiger partial charge in [0.2, 0.25) is 0 Å². The zero-order valence-corrected chi connectivity index (χ0v) is 10.2. The average molecular weight is 260 g/mol. The van der Waals surface area contributed by atoms with E-state index in [1.165, 1.54) is 0 Å². The summed E-state index contributed by atoms with van der Waals surface area (Å²) in [5.74, 6) is 0. The van der Waals surface area contributed by atoms with E-state index >= 15 is 0 Å². The van der Waals surface area contributed by atoms with Crippen LogP contribution >= 0.6 is 11.6 Å². The van der Waals surface area contributed by atoms with Crippen LogP contribution in [-0.4, -0.2) is 19.6 Å². The molecule has 2 heterocycles. The minimum absolute atomic E-state index is 0.0522. The maximum Gasteiger partial charge on any atom is 0.296 e. The molecule has 90 valence electrons. The second-order valence-corrected chi connectivity index (χ2v) is 4.35. The first kappa shape index (κ1) is 11.0. The Morgan fingerprint density at radius 1 is 1.06 bits per heavy atom. The standard InChI is InChI=1S/C13H10ClN3O/c14-11-7-6-10-12(15-11)16-13(18)17(10)8-9-4-2-1-3-5-9/h1-7H,8H2,(H,15,16,18). The lowest BCUT2D eigenvalue weighted by Crippen LogP contribution is -1.98. The minimum Gasteiger partial charge on any atom is -0.480 e. The fourth-order valence-electron chi connectivity index (χ4n) is 1.90. The first-order valence-corrected chi connectivity index (χ1v) is 5.87. The monoisotopic (exact) mass is 259 g/mol. The zero-order chi connectivity index (χ0) is 12.5. The fourth-order valence-corrected chi connectivity index (χ4v) is 2.04. The molecule has 5 heteroatoms. The molecule has 0 aliphatic rings. The summed E-state index contributed by atoms with van der Waals surface area (Å²) >= 11 is 5.80. The SMILES string of the molecule is Oc1nc2nc(Cl)ccc2n1Cc1ccccc1. The fraction of sp³-hybridized carbons (Fsp3) is 0.0769. The highest BCUT2D eigenvalue weighted by Gasteiger charge is 2.11. The normalized spacial score (nSPS) is 10.9. The van der Waals surface area contributed by atoms with E-state index in [9.17, 15) is 5.11 Å². The van der Waals surface area contributed by atoms with Crippen LogP contribution in [0.2, 0.25) is 5.15 Å². The van der Waals surface area contributed by atoms with Crippen LogP contribution in [0.3, 0.4) is 0 Å². The molecule has 2 aromatic heterocycles. The van der Waals surface area contributed by atoms with Crippen LogP contribution in [0.5, 0.6) is 6.01 Å². The lowest BCUT2D eigenvalue weighted by atomic mass is 10.2. The average Bonchev–Trinajstić information content (AvgIpc) is 2.66. The van der Waals surface area contributed by atoms with Gasteiger partial charge in [-0.1, -0.05) is 41.9 Å². The highest BCUT2D eigenvalue weighted by molar-refractivity contribution is 6.29. The van der Waals surface area contributed by atoms with Gasteiger partial charge in [-0.25, -0.2) is 4.98 Å². The molecule has 0 bridgehead atoms. The molecule has 3 aromatic rings. The van der Waals surface area contributed by atoms with Crippen LogP contribution in [0.25, 0.3) is 11.2 Å². The van der Waals surface area contributed by atoms with Crippen LogP contribution in [0, 0.1) is 0 Å². The van der Waals surface area contributed by atoms with E-state index in [4.69, 9.17) is 11.6 Å². The molecule has 0 saturated carbocycles. The summed E-state index contributed by atoms with van der Waals surface area (Å²) in [5.41, 5.74) is 2.30. The van der Waals surface area contributed by atoms with E-state index in [-0.39, 0.29) is 6.01 Å². The number of halogens is 1. The van der Waals surface area contributed by atoms with Crippen molar-refractivity contribution >= 4 is 22.8 Å². The molecule has 18 heavy (non-hydrogen) atoms. The summed E-state index contributed by atoms with van der Waals surface area (Å²) < 4.78 is 1.70. The van der Waals surface area contributed by atoms with Crippen molar-refractivity contribution in [2.45, 2.75) is 6.54 Å². The molecular weight excluding hydrogens is 250 g/mol. The van der Waals surface area contributed by atoms with Gasteiger partial charge in [0.1, 0.15) is 5.15 Å². The summed E-state index contributed by atoms with van der Waals surface area (Å²) in [4.78, 5) is 8.07. The first-order valence-electron chi connectivity index (χ1n) is 5.50. The van der Waals surface area contributed by atoms with Crippen molar-refractivity contribution in [2.24, 2.45) is 0 Å². The van der Waals surface area contributed by atoms with E-state index in [2.05, 4.69) is 9.97 Å². The summed E-state index contributed by atoms with van der Waals surface area (Å²) in [7, 11) is 0. The van der Waals surface area contributed by atoms with Gasteiger partial charge >= 0.3 is 0 Å². The highest BCUT2D eigenvalue weighted by Crippen LogP contribution is 2.22. The molecule has 0 aliphatic heterocycles. The molecule has 0 aliphatic carbocycles. The van der Waals surface area contributed by atoms with Gasteiger partial charge in [0, 0.05) is 0 Å².